The molecule has 12 heavy (non-hydrogen) atoms. The molecule has 10 nitrogen and oxygen atoms in total. The van der Waals surface area contributed by atoms with Crippen LogP contribution in [0.5, 0.6) is 0 Å². The van der Waals surface area contributed by atoms with Gasteiger partial charge in [-0.2, -0.15) is 11.0 Å². The standard InChI is InChI=1S/C2H4N2O8/c5-1(6)3-9-11-12-10-4-2(7)8/h3-4H,(H,5,6)(H,7,8). The van der Waals surface area contributed by atoms with Gasteiger partial charge in [-0.3, -0.25) is 0 Å². The Kier molecular flexibility index (Phi) is 5.29. The van der Waals surface area contributed by atoms with Crippen LogP contribution in [0.15, 0.2) is 0 Å². The smallest absolute Gasteiger partial charge is 0.431 e. The van der Waals surface area contributed by atoms with Crippen molar-refractivity contribution >= 4 is 12.2 Å². The summed E-state index contributed by atoms with van der Waals surface area (Å²) in [6, 6.07) is 0. The minimum absolute atomic E-state index is 1.25. The molecule has 0 spiro atoms. The number of hydroxylamine groups is 2. The quantitative estimate of drug-likeness (QED) is 0.246. The van der Waals surface area contributed by atoms with Crippen LogP contribution in [0.3, 0.4) is 0 Å². The lowest BCUT2D eigenvalue weighted by atomic mass is 11.3. The summed E-state index contributed by atoms with van der Waals surface area (Å²) < 4.78 is 0. The van der Waals surface area contributed by atoms with Crippen LogP contribution in [0.2, 0.25) is 0 Å². The van der Waals surface area contributed by atoms with Gasteiger partial charge in [-0.15, -0.1) is 0 Å². The van der Waals surface area contributed by atoms with Crippen molar-refractivity contribution in [2.45, 2.75) is 0 Å². The molecule has 0 aromatic carbocycles. The lowest BCUT2D eigenvalue weighted by Gasteiger charge is -1.98. The van der Waals surface area contributed by atoms with Crippen LogP contribution < -0.4 is 11.0 Å². The second-order valence-electron chi connectivity index (χ2n) is 1.12. The van der Waals surface area contributed by atoms with Crippen LogP contribution in [-0.4, -0.2) is 22.4 Å². The predicted octanol–water partition coefficient (Wildman–Crippen LogP) is -0.837. The SMILES string of the molecule is O=C(O)NOOOONC(=O)O. The fraction of sp³-hybridized carbons (Fsp3) is 0. The van der Waals surface area contributed by atoms with E-state index < -0.39 is 12.2 Å². The maximum atomic E-state index is 9.62. The lowest BCUT2D eigenvalue weighted by molar-refractivity contribution is -0.653. The second-order valence-corrected chi connectivity index (χ2v) is 1.12. The maximum Gasteiger partial charge on any atom is 0.431 e. The Morgan fingerprint density at radius 2 is 1.25 bits per heavy atom. The number of carboxylic acid groups (broad SMARTS) is 2. The van der Waals surface area contributed by atoms with E-state index in [0.29, 0.717) is 0 Å². The van der Waals surface area contributed by atoms with Crippen molar-refractivity contribution in [3.8, 4) is 0 Å². The van der Waals surface area contributed by atoms with E-state index in [4.69, 9.17) is 10.2 Å². The minimum atomic E-state index is -1.54. The van der Waals surface area contributed by atoms with E-state index in [2.05, 4.69) is 20.1 Å². The third-order valence-electron chi connectivity index (χ3n) is 0.354. The molecular weight excluding hydrogens is 180 g/mol. The average Bonchev–Trinajstić information content (AvgIpc) is 1.95. The highest BCUT2D eigenvalue weighted by molar-refractivity contribution is 5.63. The van der Waals surface area contributed by atoms with Gasteiger partial charge in [0.15, 0.2) is 0 Å². The normalized spacial score (nSPS) is 9.00. The van der Waals surface area contributed by atoms with Gasteiger partial charge in [-0.25, -0.2) is 9.59 Å². The third-order valence-corrected chi connectivity index (χ3v) is 0.354. The molecule has 70 valence electrons. The first-order valence-corrected chi connectivity index (χ1v) is 2.26. The summed E-state index contributed by atoms with van der Waals surface area (Å²) in [7, 11) is 0. The maximum absolute atomic E-state index is 9.62. The van der Waals surface area contributed by atoms with Gasteiger partial charge in [0.1, 0.15) is 0 Å². The van der Waals surface area contributed by atoms with Gasteiger partial charge in [0.2, 0.25) is 0 Å². The molecule has 0 aromatic heterocycles. The Bertz CT molecular complexity index is 139. The zero-order valence-corrected chi connectivity index (χ0v) is 5.34. The zero-order chi connectivity index (χ0) is 9.40. The van der Waals surface area contributed by atoms with Crippen molar-refractivity contribution in [1.29, 1.82) is 0 Å². The fourth-order valence-corrected chi connectivity index (χ4v) is 0.133. The first-order chi connectivity index (χ1) is 5.63. The number of hydrogen-bond donors (Lipinski definition) is 4. The molecule has 4 N–H and O–H groups in total. The summed E-state index contributed by atoms with van der Waals surface area (Å²) >= 11 is 0. The average molecular weight is 184 g/mol. The summed E-state index contributed by atoms with van der Waals surface area (Å²) in [5.74, 6) is 0. The fourth-order valence-electron chi connectivity index (χ4n) is 0.133. The number of amides is 2. The van der Waals surface area contributed by atoms with E-state index in [-0.39, 0.29) is 0 Å². The minimum Gasteiger partial charge on any atom is -0.463 e. The molecule has 0 atom stereocenters. The van der Waals surface area contributed by atoms with Gasteiger partial charge in [0, 0.05) is 0 Å². The Morgan fingerprint density at radius 3 is 1.50 bits per heavy atom. The molecule has 0 aliphatic heterocycles. The first kappa shape index (κ1) is 10.4. The zero-order valence-electron chi connectivity index (χ0n) is 5.34. The van der Waals surface area contributed by atoms with Gasteiger partial charge in [0.05, 0.1) is 0 Å². The monoisotopic (exact) mass is 184 g/mol. The molecule has 0 rings (SSSR count). The molecule has 0 saturated carbocycles. The molecule has 0 fully saturated rings. The largest absolute Gasteiger partial charge is 0.463 e. The number of nitrogens with one attached hydrogen (secondary N) is 2. The summed E-state index contributed by atoms with van der Waals surface area (Å²) in [4.78, 5) is 26.3. The van der Waals surface area contributed by atoms with Crippen molar-refractivity contribution in [1.82, 2.24) is 11.0 Å². The van der Waals surface area contributed by atoms with Crippen molar-refractivity contribution in [3.05, 3.63) is 0 Å². The molecule has 0 heterocycles. The van der Waals surface area contributed by atoms with Gasteiger partial charge in [-0.1, -0.05) is 9.98 Å². The van der Waals surface area contributed by atoms with Gasteiger partial charge in [-0.05, 0) is 10.1 Å². The molecular formula is C2H4N2O8. The first-order valence-electron chi connectivity index (χ1n) is 2.26. The van der Waals surface area contributed by atoms with Gasteiger partial charge < -0.3 is 10.2 Å². The molecule has 0 aliphatic rings. The molecule has 0 unspecified atom stereocenters. The molecule has 10 heteroatoms. The van der Waals surface area contributed by atoms with Gasteiger partial charge >= 0.3 is 12.2 Å². The number of rotatable bonds is 5. The van der Waals surface area contributed by atoms with E-state index in [1.165, 1.54) is 11.0 Å². The van der Waals surface area contributed by atoms with E-state index >= 15 is 0 Å². The summed E-state index contributed by atoms with van der Waals surface area (Å²) in [5.41, 5.74) is 2.50. The summed E-state index contributed by atoms with van der Waals surface area (Å²) in [6.07, 6.45) is -3.07. The molecule has 0 bridgehead atoms. The Labute approximate surface area is 64.3 Å². The summed E-state index contributed by atoms with van der Waals surface area (Å²) in [5, 5.41) is 22.6. The Balaban J connectivity index is 3.01. The third kappa shape index (κ3) is 8.38. The van der Waals surface area contributed by atoms with Crippen molar-refractivity contribution in [3.63, 3.8) is 0 Å². The number of carbonyl (C=O) groups is 2. The van der Waals surface area contributed by atoms with Crippen LogP contribution in [-0.2, 0) is 20.1 Å². The van der Waals surface area contributed by atoms with E-state index in [0.717, 1.165) is 0 Å². The van der Waals surface area contributed by atoms with Crippen molar-refractivity contribution in [2.75, 3.05) is 0 Å². The highest BCUT2D eigenvalue weighted by atomic mass is 17.7. The van der Waals surface area contributed by atoms with E-state index in [9.17, 15) is 9.59 Å². The highest BCUT2D eigenvalue weighted by Gasteiger charge is 1.97. The number of hydrogen-bond acceptors (Lipinski definition) is 6. The molecule has 0 radical (unpaired) electrons. The second kappa shape index (κ2) is 6.11. The Hall–Kier alpha value is -1.62. The lowest BCUT2D eigenvalue weighted by Crippen LogP contribution is -2.25. The highest BCUT2D eigenvalue weighted by Crippen LogP contribution is 1.77. The van der Waals surface area contributed by atoms with Crippen molar-refractivity contribution in [2.24, 2.45) is 0 Å². The van der Waals surface area contributed by atoms with E-state index in [1.54, 1.807) is 0 Å². The van der Waals surface area contributed by atoms with Crippen LogP contribution in [0, 0.1) is 0 Å². The van der Waals surface area contributed by atoms with Crippen LogP contribution >= 0.6 is 0 Å². The predicted molar refractivity (Wildman–Crippen MR) is 26.7 cm³/mol. The molecule has 0 saturated heterocycles. The Morgan fingerprint density at radius 1 is 0.917 bits per heavy atom. The van der Waals surface area contributed by atoms with Crippen molar-refractivity contribution < 1.29 is 39.9 Å². The van der Waals surface area contributed by atoms with Crippen LogP contribution in [0.4, 0.5) is 9.59 Å². The van der Waals surface area contributed by atoms with Crippen LogP contribution in [0.1, 0.15) is 0 Å². The van der Waals surface area contributed by atoms with Crippen LogP contribution in [0.25, 0.3) is 0 Å². The van der Waals surface area contributed by atoms with Gasteiger partial charge in [0.25, 0.3) is 0 Å². The topological polar surface area (TPSA) is 136 Å². The summed E-state index contributed by atoms with van der Waals surface area (Å²) in [6.45, 7) is 0. The van der Waals surface area contributed by atoms with E-state index in [1.807, 2.05) is 0 Å². The molecule has 0 aromatic rings. The molecule has 2 amide bonds. The molecule has 0 aliphatic carbocycles.